The Bertz CT molecular complexity index is 623. The third kappa shape index (κ3) is 5.36. The molecular formula is C20H34N4O4. The summed E-state index contributed by atoms with van der Waals surface area (Å²) in [6, 6.07) is 2.40. The van der Waals surface area contributed by atoms with Gasteiger partial charge in [-0.15, -0.1) is 0 Å². The molecule has 0 bridgehead atoms. The minimum Gasteiger partial charge on any atom is -0.466 e. The molecule has 1 amide bonds. The van der Waals surface area contributed by atoms with Gasteiger partial charge in [0.05, 0.1) is 30.7 Å². The van der Waals surface area contributed by atoms with Crippen LogP contribution in [-0.2, 0) is 14.3 Å². The van der Waals surface area contributed by atoms with E-state index in [2.05, 4.69) is 15.9 Å². The van der Waals surface area contributed by atoms with E-state index in [4.69, 9.17) is 9.47 Å². The predicted octanol–water partition coefficient (Wildman–Crippen LogP) is 2.05. The molecule has 2 aliphatic rings. The highest BCUT2D eigenvalue weighted by atomic mass is 16.6. The van der Waals surface area contributed by atoms with Gasteiger partial charge in [-0.05, 0) is 41.5 Å². The fourth-order valence-corrected chi connectivity index (χ4v) is 3.92. The third-order valence-electron chi connectivity index (χ3n) is 5.13. The first kappa shape index (κ1) is 22.4. The van der Waals surface area contributed by atoms with Crippen molar-refractivity contribution in [1.82, 2.24) is 14.7 Å². The molecule has 2 atom stereocenters. The molecule has 2 heterocycles. The highest BCUT2D eigenvalue weighted by molar-refractivity contribution is 5.76. The summed E-state index contributed by atoms with van der Waals surface area (Å²) in [4.78, 5) is 31.0. The summed E-state index contributed by atoms with van der Waals surface area (Å²) in [5.74, 6) is -0.231. The van der Waals surface area contributed by atoms with Crippen LogP contribution in [0.5, 0.6) is 0 Å². The topological polar surface area (TPSA) is 86.1 Å². The molecule has 8 nitrogen and oxygen atoms in total. The summed E-state index contributed by atoms with van der Waals surface area (Å²) < 4.78 is 10.7. The number of esters is 1. The average molecular weight is 395 g/mol. The normalized spacial score (nSPS) is 23.8. The van der Waals surface area contributed by atoms with Crippen molar-refractivity contribution in [2.75, 3.05) is 39.3 Å². The Morgan fingerprint density at radius 1 is 1.14 bits per heavy atom. The molecule has 0 spiro atoms. The largest absolute Gasteiger partial charge is 0.466 e. The van der Waals surface area contributed by atoms with Gasteiger partial charge < -0.3 is 14.4 Å². The van der Waals surface area contributed by atoms with Crippen LogP contribution in [0.4, 0.5) is 4.79 Å². The molecule has 0 aromatic rings. The monoisotopic (exact) mass is 394 g/mol. The summed E-state index contributed by atoms with van der Waals surface area (Å²) in [6.07, 6.45) is 0.0146. The molecular weight excluding hydrogens is 360 g/mol. The Morgan fingerprint density at radius 3 is 2.39 bits per heavy atom. The zero-order chi connectivity index (χ0) is 21.1. The van der Waals surface area contributed by atoms with E-state index in [1.54, 1.807) is 11.8 Å². The Kier molecular flexibility index (Phi) is 6.94. The molecule has 0 aliphatic carbocycles. The van der Waals surface area contributed by atoms with E-state index in [1.165, 1.54) is 0 Å². The minimum absolute atomic E-state index is 0.0514. The first-order valence-corrected chi connectivity index (χ1v) is 10.0. The lowest BCUT2D eigenvalue weighted by Crippen LogP contribution is -2.55. The summed E-state index contributed by atoms with van der Waals surface area (Å²) in [5.41, 5.74) is -1.19. The van der Waals surface area contributed by atoms with Crippen LogP contribution >= 0.6 is 0 Å². The van der Waals surface area contributed by atoms with Crippen molar-refractivity contribution < 1.29 is 19.1 Å². The van der Waals surface area contributed by atoms with E-state index in [-0.39, 0.29) is 24.3 Å². The number of rotatable bonds is 5. The second-order valence-electron chi connectivity index (χ2n) is 9.19. The number of nitrogens with zero attached hydrogens (tertiary/aromatic N) is 4. The quantitative estimate of drug-likeness (QED) is 0.660. The minimum atomic E-state index is -0.664. The van der Waals surface area contributed by atoms with Crippen molar-refractivity contribution in [2.24, 2.45) is 5.41 Å². The molecule has 2 rings (SSSR count). The maximum Gasteiger partial charge on any atom is 0.410 e. The lowest BCUT2D eigenvalue weighted by atomic mass is 9.92. The second kappa shape index (κ2) is 8.66. The zero-order valence-electron chi connectivity index (χ0n) is 18.0. The van der Waals surface area contributed by atoms with Crippen LogP contribution in [-0.4, -0.2) is 83.9 Å². The number of amides is 1. The molecule has 0 radical (unpaired) electrons. The van der Waals surface area contributed by atoms with Gasteiger partial charge in [-0.1, -0.05) is 0 Å². The van der Waals surface area contributed by atoms with Crippen LogP contribution in [0.3, 0.4) is 0 Å². The molecule has 2 unspecified atom stereocenters. The molecule has 0 aromatic heterocycles. The number of carbonyl (C=O) groups excluding carboxylic acids is 2. The Balaban J connectivity index is 2.08. The second-order valence-corrected chi connectivity index (χ2v) is 9.19. The van der Waals surface area contributed by atoms with Gasteiger partial charge in [0.25, 0.3) is 0 Å². The van der Waals surface area contributed by atoms with Crippen LogP contribution in [0.15, 0.2) is 0 Å². The average Bonchev–Trinajstić information content (AvgIpc) is 2.90. The lowest BCUT2D eigenvalue weighted by molar-refractivity contribution is -0.154. The maximum absolute atomic E-state index is 12.4. The fourth-order valence-electron chi connectivity index (χ4n) is 3.92. The van der Waals surface area contributed by atoms with Gasteiger partial charge in [0.15, 0.2) is 0 Å². The van der Waals surface area contributed by atoms with Crippen molar-refractivity contribution in [3.05, 3.63) is 0 Å². The van der Waals surface area contributed by atoms with Gasteiger partial charge in [-0.25, -0.2) is 4.79 Å². The van der Waals surface area contributed by atoms with Crippen LogP contribution < -0.4 is 0 Å². The molecule has 2 aliphatic heterocycles. The SMILES string of the molecule is CCOC(=O)C(C)(C)CN1CC2CN(C(=O)OC(C)(C)C)CCN2C1CC#N. The van der Waals surface area contributed by atoms with Crippen molar-refractivity contribution in [2.45, 2.75) is 65.8 Å². The van der Waals surface area contributed by atoms with Crippen LogP contribution in [0.2, 0.25) is 0 Å². The Morgan fingerprint density at radius 2 is 1.82 bits per heavy atom. The number of nitriles is 1. The number of fused-ring (bicyclic) bond motifs is 1. The van der Waals surface area contributed by atoms with Crippen LogP contribution in [0.1, 0.15) is 48.0 Å². The highest BCUT2D eigenvalue weighted by Gasteiger charge is 2.46. The molecule has 2 saturated heterocycles. The van der Waals surface area contributed by atoms with E-state index in [0.717, 1.165) is 0 Å². The van der Waals surface area contributed by atoms with E-state index in [9.17, 15) is 14.9 Å². The molecule has 0 aromatic carbocycles. The number of ether oxygens (including phenoxy) is 2. The summed E-state index contributed by atoms with van der Waals surface area (Å²) in [5, 5.41) is 9.31. The van der Waals surface area contributed by atoms with Gasteiger partial charge in [0.1, 0.15) is 5.60 Å². The van der Waals surface area contributed by atoms with E-state index >= 15 is 0 Å². The lowest BCUT2D eigenvalue weighted by Gasteiger charge is -2.39. The fraction of sp³-hybridized carbons (Fsp3) is 0.850. The van der Waals surface area contributed by atoms with Crippen molar-refractivity contribution in [1.29, 1.82) is 5.26 Å². The first-order valence-electron chi connectivity index (χ1n) is 10.0. The Labute approximate surface area is 168 Å². The molecule has 28 heavy (non-hydrogen) atoms. The molecule has 158 valence electrons. The molecule has 0 saturated carbocycles. The number of hydrogen-bond donors (Lipinski definition) is 0. The van der Waals surface area contributed by atoms with Gasteiger partial charge >= 0.3 is 12.1 Å². The van der Waals surface area contributed by atoms with Crippen molar-refractivity contribution in [3.63, 3.8) is 0 Å². The van der Waals surface area contributed by atoms with E-state index in [0.29, 0.717) is 45.8 Å². The number of carbonyl (C=O) groups is 2. The predicted molar refractivity (Wildman–Crippen MR) is 104 cm³/mol. The molecule has 0 N–H and O–H groups in total. The maximum atomic E-state index is 12.4. The van der Waals surface area contributed by atoms with Crippen LogP contribution in [0.25, 0.3) is 0 Å². The van der Waals surface area contributed by atoms with Gasteiger partial charge in [-0.2, -0.15) is 5.26 Å². The van der Waals surface area contributed by atoms with Crippen molar-refractivity contribution >= 4 is 12.1 Å². The zero-order valence-corrected chi connectivity index (χ0v) is 18.0. The smallest absolute Gasteiger partial charge is 0.410 e. The molecule has 2 fully saturated rings. The van der Waals surface area contributed by atoms with E-state index in [1.807, 2.05) is 34.6 Å². The van der Waals surface area contributed by atoms with Crippen LogP contribution in [0, 0.1) is 16.7 Å². The standard InChI is InChI=1S/C20H34N4O4/c1-7-27-17(25)20(5,6)14-23-13-15-12-22(18(26)28-19(2,3)4)10-11-24(15)16(23)8-9-21/h15-16H,7-8,10-14H2,1-6H3. The molecule has 8 heteroatoms. The summed E-state index contributed by atoms with van der Waals surface area (Å²) >= 11 is 0. The number of hydrogen-bond acceptors (Lipinski definition) is 7. The van der Waals surface area contributed by atoms with Crippen molar-refractivity contribution in [3.8, 4) is 6.07 Å². The van der Waals surface area contributed by atoms with Gasteiger partial charge in [0, 0.05) is 38.8 Å². The van der Waals surface area contributed by atoms with Gasteiger partial charge in [0.2, 0.25) is 0 Å². The highest BCUT2D eigenvalue weighted by Crippen LogP contribution is 2.30. The van der Waals surface area contributed by atoms with Gasteiger partial charge in [-0.3, -0.25) is 14.6 Å². The third-order valence-corrected chi connectivity index (χ3v) is 5.13. The van der Waals surface area contributed by atoms with E-state index < -0.39 is 11.0 Å². The number of piperazine rings is 1. The summed E-state index contributed by atoms with van der Waals surface area (Å²) in [6.45, 7) is 14.5. The summed E-state index contributed by atoms with van der Waals surface area (Å²) in [7, 11) is 0. The Hall–Kier alpha value is -1.85. The first-order chi connectivity index (χ1) is 13.0.